The molecule has 0 aliphatic rings. The van der Waals surface area contributed by atoms with Crippen molar-refractivity contribution in [3.05, 3.63) is 52.4 Å². The number of amides is 2. The van der Waals surface area contributed by atoms with Crippen LogP contribution in [0.2, 0.25) is 5.02 Å². The molecule has 138 valence electrons. The van der Waals surface area contributed by atoms with Crippen LogP contribution in [0.4, 0.5) is 0 Å². The number of aryl methyl sites for hydroxylation is 2. The summed E-state index contributed by atoms with van der Waals surface area (Å²) in [4.78, 5) is 35.0. The molecule has 8 nitrogen and oxygen atoms in total. The highest BCUT2D eigenvalue weighted by Crippen LogP contribution is 2.15. The number of carbonyl (C=O) groups is 3. The SMILES string of the molecule is Cc1cc(C(=O)OCC(=O)NNC(=O)COc2ccc(Cl)cc2)c(C)o1. The number of hydrogen-bond acceptors (Lipinski definition) is 6. The number of benzene rings is 1. The zero-order valence-corrected chi connectivity index (χ0v) is 14.9. The minimum atomic E-state index is -0.698. The molecule has 1 heterocycles. The maximum absolute atomic E-state index is 11.8. The molecule has 2 rings (SSSR count). The van der Waals surface area contributed by atoms with Crippen LogP contribution in [0.5, 0.6) is 5.75 Å². The van der Waals surface area contributed by atoms with Crippen molar-refractivity contribution >= 4 is 29.4 Å². The summed E-state index contributed by atoms with van der Waals surface area (Å²) in [5, 5.41) is 0.546. The lowest BCUT2D eigenvalue weighted by molar-refractivity contribution is -0.131. The minimum absolute atomic E-state index is 0.246. The van der Waals surface area contributed by atoms with Crippen LogP contribution in [0.1, 0.15) is 21.9 Å². The third-order valence-corrected chi connectivity index (χ3v) is 3.37. The van der Waals surface area contributed by atoms with E-state index in [1.807, 2.05) is 0 Å². The Kier molecular flexibility index (Phi) is 6.62. The van der Waals surface area contributed by atoms with Gasteiger partial charge in [0.15, 0.2) is 13.2 Å². The van der Waals surface area contributed by atoms with E-state index in [1.54, 1.807) is 38.1 Å². The lowest BCUT2D eigenvalue weighted by Gasteiger charge is -2.09. The summed E-state index contributed by atoms with van der Waals surface area (Å²) in [6, 6.07) is 7.97. The first-order valence-corrected chi connectivity index (χ1v) is 7.93. The molecule has 0 aliphatic heterocycles. The first kappa shape index (κ1) is 19.3. The first-order valence-electron chi connectivity index (χ1n) is 7.55. The van der Waals surface area contributed by atoms with Crippen molar-refractivity contribution < 1.29 is 28.3 Å². The fraction of sp³-hybridized carbons (Fsp3) is 0.235. The maximum Gasteiger partial charge on any atom is 0.342 e. The Morgan fingerprint density at radius 3 is 2.23 bits per heavy atom. The van der Waals surface area contributed by atoms with Gasteiger partial charge in [-0.2, -0.15) is 0 Å². The Bertz CT molecular complexity index is 800. The monoisotopic (exact) mass is 380 g/mol. The summed E-state index contributed by atoms with van der Waals surface area (Å²) in [5.41, 5.74) is 4.50. The number of hydrazine groups is 1. The molecular formula is C17H17ClN2O6. The van der Waals surface area contributed by atoms with Gasteiger partial charge in [0.1, 0.15) is 22.8 Å². The minimum Gasteiger partial charge on any atom is -0.484 e. The summed E-state index contributed by atoms with van der Waals surface area (Å²) in [6.45, 7) is 2.44. The van der Waals surface area contributed by atoms with Gasteiger partial charge in [0.05, 0.1) is 0 Å². The van der Waals surface area contributed by atoms with E-state index in [9.17, 15) is 14.4 Å². The molecular weight excluding hydrogens is 364 g/mol. The van der Waals surface area contributed by atoms with Gasteiger partial charge in [-0.25, -0.2) is 4.79 Å². The number of halogens is 1. The third kappa shape index (κ3) is 5.82. The topological polar surface area (TPSA) is 107 Å². The Balaban J connectivity index is 1.67. The second-order valence-electron chi connectivity index (χ2n) is 5.24. The van der Waals surface area contributed by atoms with Crippen LogP contribution < -0.4 is 15.6 Å². The first-order chi connectivity index (χ1) is 12.3. The number of carbonyl (C=O) groups excluding carboxylic acids is 3. The Hall–Kier alpha value is -3.00. The number of ether oxygens (including phenoxy) is 2. The van der Waals surface area contributed by atoms with Gasteiger partial charge < -0.3 is 13.9 Å². The van der Waals surface area contributed by atoms with Crippen molar-refractivity contribution in [1.82, 2.24) is 10.9 Å². The molecule has 0 unspecified atom stereocenters. The summed E-state index contributed by atoms with van der Waals surface area (Å²) < 4.78 is 15.3. The Morgan fingerprint density at radius 1 is 1.04 bits per heavy atom. The van der Waals surface area contributed by atoms with Crippen LogP contribution in [0.25, 0.3) is 0 Å². The van der Waals surface area contributed by atoms with Crippen LogP contribution in [-0.4, -0.2) is 31.0 Å². The largest absolute Gasteiger partial charge is 0.484 e. The predicted octanol–water partition coefficient (Wildman–Crippen LogP) is 1.93. The molecule has 0 radical (unpaired) electrons. The van der Waals surface area contributed by atoms with Crippen LogP contribution in [0.15, 0.2) is 34.7 Å². The van der Waals surface area contributed by atoms with Gasteiger partial charge in [-0.3, -0.25) is 20.4 Å². The van der Waals surface area contributed by atoms with E-state index in [0.29, 0.717) is 22.3 Å². The summed E-state index contributed by atoms with van der Waals surface area (Å²) >= 11 is 5.74. The van der Waals surface area contributed by atoms with E-state index in [2.05, 4.69) is 10.9 Å². The second kappa shape index (κ2) is 8.91. The molecule has 1 aromatic heterocycles. The van der Waals surface area contributed by atoms with E-state index in [0.717, 1.165) is 0 Å². The van der Waals surface area contributed by atoms with Gasteiger partial charge in [0, 0.05) is 5.02 Å². The molecule has 1 aromatic carbocycles. The Morgan fingerprint density at radius 2 is 1.65 bits per heavy atom. The van der Waals surface area contributed by atoms with Crippen LogP contribution in [-0.2, 0) is 14.3 Å². The average Bonchev–Trinajstić information content (AvgIpc) is 2.95. The number of nitrogens with one attached hydrogen (secondary N) is 2. The molecule has 2 aromatic rings. The summed E-state index contributed by atoms with van der Waals surface area (Å²) in [5.74, 6) is -0.549. The number of furan rings is 1. The normalized spacial score (nSPS) is 10.1. The van der Waals surface area contributed by atoms with Crippen molar-refractivity contribution in [2.24, 2.45) is 0 Å². The second-order valence-corrected chi connectivity index (χ2v) is 5.68. The fourth-order valence-corrected chi connectivity index (χ4v) is 2.06. The maximum atomic E-state index is 11.8. The van der Waals surface area contributed by atoms with Crippen molar-refractivity contribution in [2.75, 3.05) is 13.2 Å². The van der Waals surface area contributed by atoms with E-state index >= 15 is 0 Å². The highest BCUT2D eigenvalue weighted by molar-refractivity contribution is 6.30. The molecule has 0 aliphatic carbocycles. The predicted molar refractivity (Wildman–Crippen MR) is 91.7 cm³/mol. The lowest BCUT2D eigenvalue weighted by Crippen LogP contribution is -2.45. The van der Waals surface area contributed by atoms with Crippen molar-refractivity contribution in [2.45, 2.75) is 13.8 Å². The molecule has 0 saturated carbocycles. The van der Waals surface area contributed by atoms with Gasteiger partial charge in [0.25, 0.3) is 11.8 Å². The van der Waals surface area contributed by atoms with Gasteiger partial charge in [-0.05, 0) is 44.2 Å². The lowest BCUT2D eigenvalue weighted by atomic mass is 10.2. The summed E-state index contributed by atoms with van der Waals surface area (Å²) in [6.07, 6.45) is 0. The van der Waals surface area contributed by atoms with Crippen LogP contribution in [0.3, 0.4) is 0 Å². The molecule has 26 heavy (non-hydrogen) atoms. The number of esters is 1. The fourth-order valence-electron chi connectivity index (χ4n) is 1.93. The average molecular weight is 381 g/mol. The van der Waals surface area contributed by atoms with E-state index in [1.165, 1.54) is 6.07 Å². The zero-order valence-electron chi connectivity index (χ0n) is 14.1. The molecule has 2 amide bonds. The van der Waals surface area contributed by atoms with Crippen molar-refractivity contribution in [3.8, 4) is 5.75 Å². The number of rotatable bonds is 6. The van der Waals surface area contributed by atoms with Crippen molar-refractivity contribution in [1.29, 1.82) is 0 Å². The van der Waals surface area contributed by atoms with E-state index in [-0.39, 0.29) is 12.2 Å². The standard InChI is InChI=1S/C17H17ClN2O6/c1-10-7-14(11(2)26-10)17(23)25-9-16(22)20-19-15(21)8-24-13-5-3-12(18)4-6-13/h3-7H,8-9H2,1-2H3,(H,19,21)(H,20,22). The molecule has 0 bridgehead atoms. The van der Waals surface area contributed by atoms with E-state index < -0.39 is 24.4 Å². The van der Waals surface area contributed by atoms with Gasteiger partial charge >= 0.3 is 5.97 Å². The molecule has 0 spiro atoms. The zero-order chi connectivity index (χ0) is 19.1. The van der Waals surface area contributed by atoms with Crippen LogP contribution >= 0.6 is 11.6 Å². The highest BCUT2D eigenvalue weighted by Gasteiger charge is 2.16. The molecule has 9 heteroatoms. The van der Waals surface area contributed by atoms with Gasteiger partial charge in [-0.1, -0.05) is 11.6 Å². The summed E-state index contributed by atoms with van der Waals surface area (Å²) in [7, 11) is 0. The quantitative estimate of drug-likeness (QED) is 0.585. The molecule has 2 N–H and O–H groups in total. The number of hydrogen-bond donors (Lipinski definition) is 2. The van der Waals surface area contributed by atoms with Crippen LogP contribution in [0, 0.1) is 13.8 Å². The van der Waals surface area contributed by atoms with Crippen molar-refractivity contribution in [3.63, 3.8) is 0 Å². The van der Waals surface area contributed by atoms with Gasteiger partial charge in [0.2, 0.25) is 0 Å². The highest BCUT2D eigenvalue weighted by atomic mass is 35.5. The third-order valence-electron chi connectivity index (χ3n) is 3.12. The molecule has 0 atom stereocenters. The van der Waals surface area contributed by atoms with Gasteiger partial charge in [-0.15, -0.1) is 0 Å². The smallest absolute Gasteiger partial charge is 0.342 e. The Labute approximate surface area is 154 Å². The molecule has 0 fully saturated rings. The molecule has 0 saturated heterocycles. The van der Waals surface area contributed by atoms with E-state index in [4.69, 9.17) is 25.5 Å².